The number of pyridine rings is 1. The molecule has 0 bridgehead atoms. The molecule has 1 spiro atoms. The molecule has 4 heterocycles. The Bertz CT molecular complexity index is 1300. The topological polar surface area (TPSA) is 67.5 Å². The fraction of sp³-hybridized carbons (Fsp3) is 0.345. The van der Waals surface area contributed by atoms with Gasteiger partial charge in [-0.1, -0.05) is 24.3 Å². The van der Waals surface area contributed by atoms with Crippen LogP contribution in [-0.4, -0.2) is 35.9 Å². The number of hydrogen-bond donors (Lipinski definition) is 1. The summed E-state index contributed by atoms with van der Waals surface area (Å²) in [4.78, 5) is 12.1. The van der Waals surface area contributed by atoms with E-state index in [0.717, 1.165) is 47.9 Å². The summed E-state index contributed by atoms with van der Waals surface area (Å²) < 4.78 is 0. The number of rotatable bonds is 4. The maximum Gasteiger partial charge on any atom is 0.124 e. The Morgan fingerprint density at radius 2 is 1.91 bits per heavy atom. The second-order valence-electron chi connectivity index (χ2n) is 10.3. The van der Waals surface area contributed by atoms with E-state index in [2.05, 4.69) is 87.1 Å². The third-order valence-corrected chi connectivity index (χ3v) is 7.77. The number of aliphatic imine (C=N–C) groups is 1. The van der Waals surface area contributed by atoms with Gasteiger partial charge in [-0.3, -0.25) is 9.99 Å². The van der Waals surface area contributed by atoms with Gasteiger partial charge in [0.25, 0.3) is 0 Å². The van der Waals surface area contributed by atoms with Crippen LogP contribution in [0.5, 0.6) is 0 Å². The van der Waals surface area contributed by atoms with Crippen molar-refractivity contribution in [1.82, 2.24) is 10.4 Å². The first-order chi connectivity index (χ1) is 17.0. The molecule has 1 aliphatic carbocycles. The second-order valence-corrected chi connectivity index (χ2v) is 10.3. The van der Waals surface area contributed by atoms with Gasteiger partial charge in [0.05, 0.1) is 40.5 Å². The highest BCUT2D eigenvalue weighted by molar-refractivity contribution is 6.10. The predicted molar refractivity (Wildman–Crippen MR) is 140 cm³/mol. The van der Waals surface area contributed by atoms with Crippen LogP contribution in [0.1, 0.15) is 37.8 Å². The Balaban J connectivity index is 1.34. The Hall–Kier alpha value is -3.69. The first kappa shape index (κ1) is 21.8. The highest BCUT2D eigenvalue weighted by atomic mass is 15.6. The zero-order chi connectivity index (χ0) is 24.0. The van der Waals surface area contributed by atoms with Crippen LogP contribution in [0, 0.1) is 17.2 Å². The SMILES string of the molecule is CC(C)(C#N)c1ccc(N2NCC3C=CC=C4N=C(c5cncc(N6CCCC6)c5)C=CC432)cc1. The van der Waals surface area contributed by atoms with Crippen LogP contribution in [0.3, 0.4) is 0 Å². The molecule has 4 aliphatic rings. The van der Waals surface area contributed by atoms with Gasteiger partial charge in [-0.05, 0) is 68.7 Å². The van der Waals surface area contributed by atoms with E-state index in [0.29, 0.717) is 0 Å². The lowest BCUT2D eigenvalue weighted by Crippen LogP contribution is -2.52. The van der Waals surface area contributed by atoms with E-state index >= 15 is 0 Å². The van der Waals surface area contributed by atoms with Crippen molar-refractivity contribution >= 4 is 17.1 Å². The molecule has 176 valence electrons. The Morgan fingerprint density at radius 1 is 1.11 bits per heavy atom. The molecule has 0 radical (unpaired) electrons. The predicted octanol–water partition coefficient (Wildman–Crippen LogP) is 4.68. The summed E-state index contributed by atoms with van der Waals surface area (Å²) in [6.07, 6.45) is 17.3. The quantitative estimate of drug-likeness (QED) is 0.715. The van der Waals surface area contributed by atoms with Gasteiger partial charge >= 0.3 is 0 Å². The second kappa shape index (κ2) is 8.21. The average Bonchev–Trinajstić information content (AvgIpc) is 3.56. The molecule has 0 saturated carbocycles. The third-order valence-electron chi connectivity index (χ3n) is 7.77. The van der Waals surface area contributed by atoms with Crippen LogP contribution in [0.15, 0.2) is 83.8 Å². The van der Waals surface area contributed by atoms with Crippen LogP contribution in [0.25, 0.3) is 0 Å². The maximum atomic E-state index is 9.51. The molecular weight excluding hydrogens is 432 g/mol. The van der Waals surface area contributed by atoms with Crippen molar-refractivity contribution in [2.24, 2.45) is 10.9 Å². The summed E-state index contributed by atoms with van der Waals surface area (Å²) >= 11 is 0. The molecule has 2 unspecified atom stereocenters. The van der Waals surface area contributed by atoms with E-state index in [1.165, 1.54) is 18.5 Å². The average molecular weight is 463 g/mol. The molecule has 0 amide bonds. The summed E-state index contributed by atoms with van der Waals surface area (Å²) in [5.41, 5.74) is 8.99. The van der Waals surface area contributed by atoms with Gasteiger partial charge in [0.15, 0.2) is 0 Å². The molecule has 2 atom stereocenters. The van der Waals surface area contributed by atoms with Crippen LogP contribution in [-0.2, 0) is 5.41 Å². The summed E-state index contributed by atoms with van der Waals surface area (Å²) in [5, 5.41) is 11.8. The minimum atomic E-state index is -0.516. The number of aromatic nitrogens is 1. The van der Waals surface area contributed by atoms with Crippen molar-refractivity contribution in [2.45, 2.75) is 37.6 Å². The molecule has 2 fully saturated rings. The molecular formula is C29H30N6. The van der Waals surface area contributed by atoms with Crippen LogP contribution in [0.4, 0.5) is 11.4 Å². The summed E-state index contributed by atoms with van der Waals surface area (Å²) in [5.74, 6) is 0.272. The van der Waals surface area contributed by atoms with E-state index in [1.807, 2.05) is 26.2 Å². The lowest BCUT2D eigenvalue weighted by Gasteiger charge is -2.42. The van der Waals surface area contributed by atoms with Crippen molar-refractivity contribution < 1.29 is 0 Å². The number of hydrogen-bond acceptors (Lipinski definition) is 6. The van der Waals surface area contributed by atoms with Crippen LogP contribution < -0.4 is 15.3 Å². The van der Waals surface area contributed by atoms with E-state index in [4.69, 9.17) is 4.99 Å². The molecule has 2 saturated heterocycles. The molecule has 2 aromatic rings. The van der Waals surface area contributed by atoms with Gasteiger partial charge in [-0.2, -0.15) is 5.26 Å². The number of anilines is 2. The zero-order valence-corrected chi connectivity index (χ0v) is 20.3. The molecule has 1 aromatic heterocycles. The number of hydrazine groups is 1. The largest absolute Gasteiger partial charge is 0.370 e. The van der Waals surface area contributed by atoms with E-state index in [-0.39, 0.29) is 11.5 Å². The lowest BCUT2D eigenvalue weighted by atomic mass is 9.76. The monoisotopic (exact) mass is 462 g/mol. The van der Waals surface area contributed by atoms with Crippen LogP contribution >= 0.6 is 0 Å². The first-order valence-corrected chi connectivity index (χ1v) is 12.4. The fourth-order valence-electron chi connectivity index (χ4n) is 5.63. The first-order valence-electron chi connectivity index (χ1n) is 12.4. The number of benzene rings is 1. The van der Waals surface area contributed by atoms with Gasteiger partial charge in [-0.15, -0.1) is 0 Å². The molecule has 6 rings (SSSR count). The van der Waals surface area contributed by atoms with Crippen molar-refractivity contribution in [3.63, 3.8) is 0 Å². The normalized spacial score (nSPS) is 25.1. The van der Waals surface area contributed by atoms with Crippen molar-refractivity contribution in [3.8, 4) is 6.07 Å². The lowest BCUT2D eigenvalue weighted by molar-refractivity contribution is 0.504. The zero-order valence-electron chi connectivity index (χ0n) is 20.3. The van der Waals surface area contributed by atoms with Crippen LogP contribution in [0.2, 0.25) is 0 Å². The molecule has 6 nitrogen and oxygen atoms in total. The van der Waals surface area contributed by atoms with Gasteiger partial charge in [0, 0.05) is 37.3 Å². The minimum Gasteiger partial charge on any atom is -0.370 e. The Kier molecular flexibility index (Phi) is 5.12. The van der Waals surface area contributed by atoms with Gasteiger partial charge < -0.3 is 4.90 Å². The molecule has 1 N–H and O–H groups in total. The highest BCUT2D eigenvalue weighted by Gasteiger charge is 2.51. The third kappa shape index (κ3) is 3.50. The number of nitrogens with zero attached hydrogens (tertiary/aromatic N) is 5. The number of nitrogens with one attached hydrogen (secondary N) is 1. The molecule has 35 heavy (non-hydrogen) atoms. The van der Waals surface area contributed by atoms with E-state index in [1.54, 1.807) is 0 Å². The minimum absolute atomic E-state index is 0.272. The van der Waals surface area contributed by atoms with Crippen molar-refractivity contribution in [2.75, 3.05) is 29.5 Å². The smallest absolute Gasteiger partial charge is 0.124 e. The molecule has 6 heteroatoms. The van der Waals surface area contributed by atoms with Crippen molar-refractivity contribution in [1.29, 1.82) is 5.26 Å². The summed E-state index contributed by atoms with van der Waals surface area (Å²) in [6, 6.07) is 12.9. The standard InChI is InChI=1S/C29H30N6/c1-28(2,20-30)22-8-10-24(11-9-22)35-29-13-12-26(33-27(29)7-5-6-23(29)18-32-35)21-16-25(19-31-17-21)34-14-3-4-15-34/h5-13,16-17,19,23,32H,3-4,14-15,18H2,1-2H3. The number of allylic oxidation sites excluding steroid dienone is 3. The fourth-order valence-corrected chi connectivity index (χ4v) is 5.63. The van der Waals surface area contributed by atoms with Gasteiger partial charge in [0.2, 0.25) is 0 Å². The number of dihydropyridines is 1. The highest BCUT2D eigenvalue weighted by Crippen LogP contribution is 2.45. The summed E-state index contributed by atoms with van der Waals surface area (Å²) in [6.45, 7) is 6.93. The maximum absolute atomic E-state index is 9.51. The van der Waals surface area contributed by atoms with Gasteiger partial charge in [-0.25, -0.2) is 10.4 Å². The molecule has 1 aromatic carbocycles. The molecule has 3 aliphatic heterocycles. The van der Waals surface area contributed by atoms with Crippen molar-refractivity contribution in [3.05, 3.63) is 89.9 Å². The van der Waals surface area contributed by atoms with E-state index < -0.39 is 5.41 Å². The summed E-state index contributed by atoms with van der Waals surface area (Å²) in [7, 11) is 0. The van der Waals surface area contributed by atoms with E-state index in [9.17, 15) is 5.26 Å². The Labute approximate surface area is 207 Å². The Morgan fingerprint density at radius 3 is 2.69 bits per heavy atom. The number of nitriles is 1. The van der Waals surface area contributed by atoms with Gasteiger partial charge in [0.1, 0.15) is 5.54 Å².